The van der Waals surface area contributed by atoms with Crippen LogP contribution in [0.4, 0.5) is 60.5 Å². The first kappa shape index (κ1) is 49.3. The first-order valence-electron chi connectivity index (χ1n) is 27.4. The number of furan rings is 2. The average molecular weight is 1110 g/mol. The molecule has 402 valence electrons. The molecule has 16 aromatic rings. The predicted molar refractivity (Wildman–Crippen MR) is 330 cm³/mol. The molecule has 2 aromatic heterocycles. The minimum Gasteiger partial charge on any atom is -0.453 e. The third-order valence-corrected chi connectivity index (χ3v) is 16.6. The van der Waals surface area contributed by atoms with Crippen molar-refractivity contribution in [2.24, 2.45) is 0 Å². The smallest absolute Gasteiger partial charge is 0.416 e. The molecule has 0 bridgehead atoms. The van der Waals surface area contributed by atoms with Crippen LogP contribution in [0.2, 0.25) is 0 Å². The minimum absolute atomic E-state index is 0.468. The molecule has 84 heavy (non-hydrogen) atoms. The van der Waals surface area contributed by atoms with Gasteiger partial charge in [0.25, 0.3) is 0 Å². The Labute approximate surface area is 475 Å². The Hall–Kier alpha value is -10.6. The second kappa shape index (κ2) is 18.5. The summed E-state index contributed by atoms with van der Waals surface area (Å²) in [5.74, 6) is 0. The summed E-state index contributed by atoms with van der Waals surface area (Å²) < 4.78 is 101. The van der Waals surface area contributed by atoms with Gasteiger partial charge in [-0.25, -0.2) is 0 Å². The largest absolute Gasteiger partial charge is 0.453 e. The zero-order valence-corrected chi connectivity index (χ0v) is 44.2. The Bertz CT molecular complexity index is 4950. The van der Waals surface area contributed by atoms with Crippen molar-refractivity contribution in [2.45, 2.75) is 12.4 Å². The molecule has 0 N–H and O–H groups in total. The molecule has 0 amide bonds. The number of fused-ring (bicyclic) bond motifs is 10. The molecule has 0 saturated carbocycles. The van der Waals surface area contributed by atoms with Crippen LogP contribution in [0, 0.1) is 0 Å². The van der Waals surface area contributed by atoms with Crippen molar-refractivity contribution >= 4 is 132 Å². The van der Waals surface area contributed by atoms with E-state index in [4.69, 9.17) is 8.83 Å². The quantitative estimate of drug-likeness (QED) is 0.112. The van der Waals surface area contributed by atoms with Gasteiger partial charge in [0, 0.05) is 54.8 Å². The summed E-state index contributed by atoms with van der Waals surface area (Å²) in [5, 5.41) is 12.7. The molecular weight excluding hydrogens is 1060 g/mol. The lowest BCUT2D eigenvalue weighted by Crippen LogP contribution is -2.13. The zero-order valence-electron chi connectivity index (χ0n) is 44.2. The predicted octanol–water partition coefficient (Wildman–Crippen LogP) is 23.0. The van der Waals surface area contributed by atoms with Gasteiger partial charge in [-0.05, 0) is 139 Å². The van der Waals surface area contributed by atoms with Crippen molar-refractivity contribution in [3.8, 4) is 22.3 Å². The van der Waals surface area contributed by atoms with Crippen LogP contribution in [0.15, 0.2) is 264 Å². The van der Waals surface area contributed by atoms with Crippen LogP contribution in [0.25, 0.3) is 120 Å². The standard InChI is InChI=1S/C74H42F6N2O2/c75-73(76,77)49-29-33-51(34-30-49)81(63-23-11-21-57-67-53-19-9-7-17-47(53)41-59(71(67)83-69(57)63)43-13-3-1-4-14-43)61-39-27-45-26-38-56-62(40-28-46-25-37-55(61)65(45)66(46)56)82(52-35-31-50(32-36-52)74(78,79)80)64-24-12-22-58-68-54-20-10-8-18-48(54)42-60(72(68)84-70(58)64)44-15-5-2-6-16-44/h1-42H. The maximum Gasteiger partial charge on any atom is 0.416 e. The van der Waals surface area contributed by atoms with Crippen LogP contribution in [-0.2, 0) is 12.4 Å². The molecule has 4 nitrogen and oxygen atoms in total. The van der Waals surface area contributed by atoms with Gasteiger partial charge < -0.3 is 18.6 Å². The molecule has 2 heterocycles. The Morgan fingerprint density at radius 2 is 0.631 bits per heavy atom. The van der Waals surface area contributed by atoms with E-state index in [0.29, 0.717) is 56.5 Å². The van der Waals surface area contributed by atoms with Crippen LogP contribution in [0.5, 0.6) is 0 Å². The molecule has 0 radical (unpaired) electrons. The maximum atomic E-state index is 14.4. The maximum absolute atomic E-state index is 14.4. The average Bonchev–Trinajstić information content (AvgIpc) is 1.41. The summed E-state index contributed by atoms with van der Waals surface area (Å²) in [6.45, 7) is 0. The van der Waals surface area contributed by atoms with E-state index in [9.17, 15) is 26.3 Å². The number of anilines is 6. The van der Waals surface area contributed by atoms with E-state index >= 15 is 0 Å². The Morgan fingerprint density at radius 3 is 1.04 bits per heavy atom. The van der Waals surface area contributed by atoms with Gasteiger partial charge in [0.05, 0.1) is 33.9 Å². The molecule has 10 heteroatoms. The number of para-hydroxylation sites is 2. The summed E-state index contributed by atoms with van der Waals surface area (Å²) in [6.07, 6.45) is -9.16. The highest BCUT2D eigenvalue weighted by Crippen LogP contribution is 2.53. The highest BCUT2D eigenvalue weighted by molar-refractivity contribution is 6.30. The molecule has 0 spiro atoms. The van der Waals surface area contributed by atoms with Gasteiger partial charge in [-0.2, -0.15) is 26.3 Å². The normalized spacial score (nSPS) is 12.4. The number of hydrogen-bond acceptors (Lipinski definition) is 4. The van der Waals surface area contributed by atoms with Crippen molar-refractivity contribution in [1.29, 1.82) is 0 Å². The molecule has 16 rings (SSSR count). The number of halogens is 6. The van der Waals surface area contributed by atoms with Crippen molar-refractivity contribution < 1.29 is 35.2 Å². The third kappa shape index (κ3) is 7.63. The Morgan fingerprint density at radius 1 is 0.262 bits per heavy atom. The van der Waals surface area contributed by atoms with Crippen LogP contribution >= 0.6 is 0 Å². The van der Waals surface area contributed by atoms with Gasteiger partial charge in [-0.1, -0.05) is 170 Å². The Balaban J connectivity index is 0.952. The van der Waals surface area contributed by atoms with Crippen molar-refractivity contribution in [3.63, 3.8) is 0 Å². The second-order valence-corrected chi connectivity index (χ2v) is 21.3. The fourth-order valence-corrected chi connectivity index (χ4v) is 12.9. The summed E-state index contributed by atoms with van der Waals surface area (Å²) in [5.41, 5.74) is 8.14. The monoisotopic (exact) mass is 1100 g/mol. The summed E-state index contributed by atoms with van der Waals surface area (Å²) in [4.78, 5) is 3.96. The van der Waals surface area contributed by atoms with E-state index in [1.807, 2.05) is 180 Å². The topological polar surface area (TPSA) is 32.8 Å². The third-order valence-electron chi connectivity index (χ3n) is 16.6. The van der Waals surface area contributed by atoms with E-state index < -0.39 is 23.5 Å². The van der Waals surface area contributed by atoms with Gasteiger partial charge in [0.2, 0.25) is 0 Å². The minimum atomic E-state index is -4.58. The Kier molecular flexibility index (Phi) is 10.8. The van der Waals surface area contributed by atoms with E-state index in [1.54, 1.807) is 0 Å². The molecule has 0 aliphatic heterocycles. The first-order valence-corrected chi connectivity index (χ1v) is 27.4. The van der Waals surface area contributed by atoms with Crippen LogP contribution < -0.4 is 9.80 Å². The molecule has 0 aliphatic rings. The van der Waals surface area contributed by atoms with Crippen LogP contribution in [0.1, 0.15) is 11.1 Å². The summed E-state index contributed by atoms with van der Waals surface area (Å²) >= 11 is 0. The number of benzene rings is 14. The highest BCUT2D eigenvalue weighted by Gasteiger charge is 2.33. The molecule has 0 aliphatic carbocycles. The number of nitrogens with zero attached hydrogens (tertiary/aromatic N) is 2. The van der Waals surface area contributed by atoms with E-state index in [1.165, 1.54) is 24.3 Å². The fourth-order valence-electron chi connectivity index (χ4n) is 12.9. The SMILES string of the molecule is FC(F)(F)c1ccc(N(c2ccc3ccc4c(N(c5ccc(C(F)(F)F)cc5)c5cccc6c5oc5c(-c7ccccc7)cc7ccccc7c56)ccc5ccc2c3c54)c2cccc3c2oc2c(-c4ccccc4)cc4ccccc4c23)cc1. The summed E-state index contributed by atoms with van der Waals surface area (Å²) in [6, 6.07) is 79.2. The second-order valence-electron chi connectivity index (χ2n) is 21.3. The summed E-state index contributed by atoms with van der Waals surface area (Å²) in [7, 11) is 0. The van der Waals surface area contributed by atoms with E-state index in [-0.39, 0.29) is 0 Å². The van der Waals surface area contributed by atoms with Crippen LogP contribution in [0.3, 0.4) is 0 Å². The zero-order chi connectivity index (χ0) is 56.6. The van der Waals surface area contributed by atoms with Crippen molar-refractivity contribution in [2.75, 3.05) is 9.80 Å². The van der Waals surface area contributed by atoms with E-state index in [2.05, 4.69) is 36.4 Å². The molecule has 0 atom stereocenters. The molecule has 0 fully saturated rings. The van der Waals surface area contributed by atoms with E-state index in [0.717, 1.165) is 122 Å². The lowest BCUT2D eigenvalue weighted by molar-refractivity contribution is -0.138. The number of hydrogen-bond donors (Lipinski definition) is 0. The molecular formula is C74H42F6N2O2. The van der Waals surface area contributed by atoms with Crippen LogP contribution in [-0.4, -0.2) is 0 Å². The molecule has 0 saturated heterocycles. The van der Waals surface area contributed by atoms with Crippen molar-refractivity contribution in [3.05, 3.63) is 266 Å². The molecule has 0 unspecified atom stereocenters. The molecule has 14 aromatic carbocycles. The fraction of sp³-hybridized carbons (Fsp3) is 0.0270. The van der Waals surface area contributed by atoms with Gasteiger partial charge in [-0.3, -0.25) is 0 Å². The number of alkyl halides is 6. The van der Waals surface area contributed by atoms with Gasteiger partial charge in [0.15, 0.2) is 11.2 Å². The highest BCUT2D eigenvalue weighted by atomic mass is 19.4. The van der Waals surface area contributed by atoms with Gasteiger partial charge >= 0.3 is 12.4 Å². The first-order chi connectivity index (χ1) is 40.9. The van der Waals surface area contributed by atoms with Gasteiger partial charge in [-0.15, -0.1) is 0 Å². The number of rotatable bonds is 8. The van der Waals surface area contributed by atoms with Gasteiger partial charge in [0.1, 0.15) is 11.2 Å². The lowest BCUT2D eigenvalue weighted by atomic mass is 9.91. The van der Waals surface area contributed by atoms with Crippen molar-refractivity contribution in [1.82, 2.24) is 0 Å². The lowest BCUT2D eigenvalue weighted by Gasteiger charge is -2.29.